The zero-order valence-electron chi connectivity index (χ0n) is 19.8. The highest BCUT2D eigenvalue weighted by atomic mass is 32.2. The minimum absolute atomic E-state index is 0.0751. The second-order valence-corrected chi connectivity index (χ2v) is 11.8. The van der Waals surface area contributed by atoms with Gasteiger partial charge in [-0.15, -0.1) is 0 Å². The number of amides is 1. The van der Waals surface area contributed by atoms with Gasteiger partial charge in [0, 0.05) is 32.4 Å². The Morgan fingerprint density at radius 1 is 1.15 bits per heavy atom. The molecule has 0 bridgehead atoms. The summed E-state index contributed by atoms with van der Waals surface area (Å²) in [7, 11) is -1.39. The molecule has 0 spiro atoms. The van der Waals surface area contributed by atoms with Crippen LogP contribution in [0.4, 0.5) is 17.5 Å². The first-order valence-corrected chi connectivity index (χ1v) is 13.4. The van der Waals surface area contributed by atoms with Gasteiger partial charge < -0.3 is 15.1 Å². The smallest absolute Gasteiger partial charge is 0.234 e. The van der Waals surface area contributed by atoms with E-state index in [1.165, 1.54) is 19.1 Å². The Kier molecular flexibility index (Phi) is 6.35. The quantitative estimate of drug-likeness (QED) is 0.691. The van der Waals surface area contributed by atoms with Crippen LogP contribution in [0.25, 0.3) is 0 Å². The number of hydrogen-bond donors (Lipinski definition) is 1. The number of sulfone groups is 1. The average molecular weight is 472 g/mol. The van der Waals surface area contributed by atoms with Crippen LogP contribution in [-0.2, 0) is 21.1 Å². The fourth-order valence-electron chi connectivity index (χ4n) is 4.77. The maximum Gasteiger partial charge on any atom is 0.234 e. The van der Waals surface area contributed by atoms with E-state index in [-0.39, 0.29) is 5.91 Å². The van der Waals surface area contributed by atoms with Crippen molar-refractivity contribution in [2.45, 2.75) is 56.9 Å². The molecule has 2 aromatic rings. The van der Waals surface area contributed by atoms with E-state index in [0.29, 0.717) is 36.4 Å². The second-order valence-electron chi connectivity index (χ2n) is 9.81. The lowest BCUT2D eigenvalue weighted by Gasteiger charge is -2.34. The first-order chi connectivity index (χ1) is 15.6. The van der Waals surface area contributed by atoms with E-state index in [1.807, 2.05) is 26.0 Å². The van der Waals surface area contributed by atoms with Gasteiger partial charge in [-0.3, -0.25) is 4.79 Å². The number of fused-ring (bicyclic) bond motifs is 1. The molecule has 0 saturated heterocycles. The van der Waals surface area contributed by atoms with Crippen molar-refractivity contribution in [2.24, 2.45) is 5.41 Å². The Balaban J connectivity index is 1.53. The van der Waals surface area contributed by atoms with Gasteiger partial charge in [-0.1, -0.05) is 25.0 Å². The van der Waals surface area contributed by atoms with Gasteiger partial charge >= 0.3 is 0 Å². The summed E-state index contributed by atoms with van der Waals surface area (Å²) in [6.45, 7) is 5.25. The SMILES string of the molecule is CN1C(=O)C(C)(C)CN(C2CCCC2)c2nc(NCCc3ccc(S(C)(=O)=O)cc3)ncc21. The molecule has 1 N–H and O–H groups in total. The summed E-state index contributed by atoms with van der Waals surface area (Å²) in [6, 6.07) is 7.33. The van der Waals surface area contributed by atoms with E-state index in [0.717, 1.165) is 29.9 Å². The van der Waals surface area contributed by atoms with Gasteiger partial charge in [-0.2, -0.15) is 4.98 Å². The van der Waals surface area contributed by atoms with Crippen LogP contribution < -0.4 is 15.1 Å². The van der Waals surface area contributed by atoms with Crippen LogP contribution in [0.2, 0.25) is 0 Å². The molecule has 1 aromatic heterocycles. The van der Waals surface area contributed by atoms with E-state index in [4.69, 9.17) is 4.98 Å². The number of aromatic nitrogens is 2. The van der Waals surface area contributed by atoms with E-state index in [2.05, 4.69) is 15.2 Å². The summed E-state index contributed by atoms with van der Waals surface area (Å²) in [6.07, 6.45) is 8.30. The standard InChI is InChI=1S/C24H33N5O3S/c1-24(2)16-29(18-7-5-6-8-18)21-20(28(3)22(24)30)15-26-23(27-21)25-14-13-17-9-11-19(12-10-17)33(4,31)32/h9-12,15,18H,5-8,13-14,16H2,1-4H3,(H,25,26,27). The van der Waals surface area contributed by atoms with E-state index >= 15 is 0 Å². The van der Waals surface area contributed by atoms with Crippen molar-refractivity contribution in [2.75, 3.05) is 41.5 Å². The topological polar surface area (TPSA) is 95.5 Å². The highest BCUT2D eigenvalue weighted by Gasteiger charge is 2.41. The van der Waals surface area contributed by atoms with Crippen molar-refractivity contribution in [1.29, 1.82) is 0 Å². The summed E-state index contributed by atoms with van der Waals surface area (Å²) in [5.41, 5.74) is 1.27. The second kappa shape index (κ2) is 8.93. The number of anilines is 3. The van der Waals surface area contributed by atoms with Gasteiger partial charge in [0.25, 0.3) is 0 Å². The molecule has 1 aromatic carbocycles. The molecule has 1 fully saturated rings. The molecular formula is C24H33N5O3S. The molecule has 178 valence electrons. The zero-order chi connectivity index (χ0) is 23.8. The maximum absolute atomic E-state index is 13.1. The van der Waals surface area contributed by atoms with Gasteiger partial charge in [0.1, 0.15) is 5.69 Å². The van der Waals surface area contributed by atoms with Crippen molar-refractivity contribution in [3.05, 3.63) is 36.0 Å². The molecule has 1 amide bonds. The lowest BCUT2D eigenvalue weighted by molar-refractivity contribution is -0.125. The highest BCUT2D eigenvalue weighted by molar-refractivity contribution is 7.90. The zero-order valence-corrected chi connectivity index (χ0v) is 20.7. The molecule has 0 atom stereocenters. The first kappa shape index (κ1) is 23.5. The first-order valence-electron chi connectivity index (χ1n) is 11.5. The van der Waals surface area contributed by atoms with E-state index in [9.17, 15) is 13.2 Å². The summed E-state index contributed by atoms with van der Waals surface area (Å²) >= 11 is 0. The normalized spacial score (nSPS) is 18.8. The van der Waals surface area contributed by atoms with E-state index < -0.39 is 15.3 Å². The molecule has 4 rings (SSSR count). The van der Waals surface area contributed by atoms with Crippen molar-refractivity contribution >= 4 is 33.2 Å². The Bertz CT molecular complexity index is 1130. The molecule has 0 unspecified atom stereocenters. The van der Waals surface area contributed by atoms with Gasteiger partial charge in [0.2, 0.25) is 11.9 Å². The van der Waals surface area contributed by atoms with Crippen molar-refractivity contribution in [3.63, 3.8) is 0 Å². The minimum Gasteiger partial charge on any atom is -0.354 e. The Morgan fingerprint density at radius 3 is 2.45 bits per heavy atom. The van der Waals surface area contributed by atoms with Gasteiger partial charge in [0.05, 0.1) is 16.5 Å². The molecule has 1 aliphatic heterocycles. The molecule has 9 heteroatoms. The van der Waals surface area contributed by atoms with Crippen LogP contribution in [0.3, 0.4) is 0 Å². The summed E-state index contributed by atoms with van der Waals surface area (Å²) in [5, 5.41) is 3.30. The molecule has 2 heterocycles. The van der Waals surface area contributed by atoms with Gasteiger partial charge in [-0.05, 0) is 50.8 Å². The molecule has 8 nitrogen and oxygen atoms in total. The number of carbonyl (C=O) groups is 1. The molecule has 1 saturated carbocycles. The van der Waals surface area contributed by atoms with Crippen LogP contribution in [0.15, 0.2) is 35.4 Å². The fraction of sp³-hybridized carbons (Fsp3) is 0.542. The van der Waals surface area contributed by atoms with Crippen LogP contribution in [0, 0.1) is 5.41 Å². The third kappa shape index (κ3) is 4.98. The molecule has 33 heavy (non-hydrogen) atoms. The monoisotopic (exact) mass is 471 g/mol. The molecule has 2 aliphatic rings. The van der Waals surface area contributed by atoms with Gasteiger partial charge in [0.15, 0.2) is 15.7 Å². The molecule has 0 radical (unpaired) electrons. The third-order valence-electron chi connectivity index (χ3n) is 6.65. The van der Waals surface area contributed by atoms with Crippen molar-refractivity contribution in [3.8, 4) is 0 Å². The number of nitrogens with one attached hydrogen (secondary N) is 1. The van der Waals surface area contributed by atoms with Crippen molar-refractivity contribution in [1.82, 2.24) is 9.97 Å². The predicted octanol–water partition coefficient (Wildman–Crippen LogP) is 3.29. The van der Waals surface area contributed by atoms with Crippen LogP contribution >= 0.6 is 0 Å². The maximum atomic E-state index is 13.1. The number of hydrogen-bond acceptors (Lipinski definition) is 7. The Morgan fingerprint density at radius 2 is 1.82 bits per heavy atom. The Labute approximate surface area is 196 Å². The Hall–Kier alpha value is -2.68. The summed E-state index contributed by atoms with van der Waals surface area (Å²) in [4.78, 5) is 26.8. The average Bonchev–Trinajstić information content (AvgIpc) is 3.29. The lowest BCUT2D eigenvalue weighted by atomic mass is 9.91. The van der Waals surface area contributed by atoms with Crippen LogP contribution in [0.5, 0.6) is 0 Å². The molecule has 1 aliphatic carbocycles. The van der Waals surface area contributed by atoms with Crippen LogP contribution in [0.1, 0.15) is 45.1 Å². The predicted molar refractivity (Wildman–Crippen MR) is 131 cm³/mol. The number of nitrogens with zero attached hydrogens (tertiary/aromatic N) is 4. The van der Waals surface area contributed by atoms with E-state index in [1.54, 1.807) is 30.3 Å². The lowest BCUT2D eigenvalue weighted by Crippen LogP contribution is -2.45. The molecular weight excluding hydrogens is 438 g/mol. The number of benzene rings is 1. The summed E-state index contributed by atoms with van der Waals surface area (Å²) in [5.74, 6) is 1.43. The number of carbonyl (C=O) groups excluding carboxylic acids is 1. The minimum atomic E-state index is -3.19. The largest absolute Gasteiger partial charge is 0.354 e. The fourth-order valence-corrected chi connectivity index (χ4v) is 5.40. The highest BCUT2D eigenvalue weighted by Crippen LogP contribution is 2.40. The van der Waals surface area contributed by atoms with Crippen molar-refractivity contribution < 1.29 is 13.2 Å². The number of rotatable bonds is 6. The van der Waals surface area contributed by atoms with Crippen LogP contribution in [-0.4, -0.2) is 56.7 Å². The third-order valence-corrected chi connectivity index (χ3v) is 7.77. The van der Waals surface area contributed by atoms with Gasteiger partial charge in [-0.25, -0.2) is 13.4 Å². The summed E-state index contributed by atoms with van der Waals surface area (Å²) < 4.78 is 23.3.